The van der Waals surface area contributed by atoms with Gasteiger partial charge in [-0.3, -0.25) is 9.58 Å². The second kappa shape index (κ2) is 8.17. The molecule has 3 aromatic carbocycles. The molecule has 0 saturated carbocycles. The molecule has 150 valence electrons. The van der Waals surface area contributed by atoms with E-state index in [1.165, 1.54) is 17.5 Å². The fourth-order valence-electron chi connectivity index (χ4n) is 4.10. The quantitative estimate of drug-likeness (QED) is 0.412. The summed E-state index contributed by atoms with van der Waals surface area (Å²) < 4.78 is 7.84. The van der Waals surface area contributed by atoms with Crippen molar-refractivity contribution in [3.05, 3.63) is 102 Å². The molecule has 0 aliphatic carbocycles. The monoisotopic (exact) mass is 395 g/mol. The fourth-order valence-corrected chi connectivity index (χ4v) is 4.10. The van der Waals surface area contributed by atoms with Crippen LogP contribution in [0.5, 0.6) is 11.5 Å². The van der Waals surface area contributed by atoms with Crippen LogP contribution < -0.4 is 4.74 Å². The lowest BCUT2D eigenvalue weighted by Crippen LogP contribution is -2.40. The van der Waals surface area contributed by atoms with Crippen LogP contribution in [-0.4, -0.2) is 21.2 Å². The van der Waals surface area contributed by atoms with Gasteiger partial charge in [-0.2, -0.15) is 5.10 Å². The van der Waals surface area contributed by atoms with Crippen LogP contribution in [0.3, 0.4) is 0 Å². The predicted molar refractivity (Wildman–Crippen MR) is 119 cm³/mol. The average Bonchev–Trinajstić information content (AvgIpc) is 3.14. The van der Waals surface area contributed by atoms with Crippen molar-refractivity contribution in [3.63, 3.8) is 0 Å². The predicted octanol–water partition coefficient (Wildman–Crippen LogP) is 5.83. The highest BCUT2D eigenvalue weighted by molar-refractivity contribution is 5.63. The summed E-state index contributed by atoms with van der Waals surface area (Å²) in [6.45, 7) is 2.03. The van der Waals surface area contributed by atoms with Gasteiger partial charge in [-0.25, -0.2) is 0 Å². The smallest absolute Gasteiger partial charge is 0.127 e. The zero-order chi connectivity index (χ0) is 20.3. The van der Waals surface area contributed by atoms with Crippen LogP contribution in [0.1, 0.15) is 23.6 Å². The second-order valence-electron chi connectivity index (χ2n) is 7.80. The summed E-state index contributed by atoms with van der Waals surface area (Å²) in [4.78, 5) is 2.53. The Kier molecular flexibility index (Phi) is 5.08. The summed E-state index contributed by atoms with van der Waals surface area (Å²) in [5.74, 6) is 1.67. The summed E-state index contributed by atoms with van der Waals surface area (Å²) in [7, 11) is 1.99. The number of para-hydroxylation sites is 1. The van der Waals surface area contributed by atoms with E-state index in [4.69, 9.17) is 9.84 Å². The number of aryl methyl sites for hydroxylation is 1. The van der Waals surface area contributed by atoms with Crippen molar-refractivity contribution in [1.82, 2.24) is 14.7 Å². The van der Waals surface area contributed by atoms with E-state index in [-0.39, 0.29) is 0 Å². The van der Waals surface area contributed by atoms with Crippen LogP contribution in [0.15, 0.2) is 91.1 Å². The van der Waals surface area contributed by atoms with E-state index in [1.54, 1.807) is 0 Å². The molecule has 1 atom stereocenters. The Morgan fingerprint density at radius 1 is 0.867 bits per heavy atom. The molecule has 30 heavy (non-hydrogen) atoms. The molecule has 0 amide bonds. The van der Waals surface area contributed by atoms with Crippen LogP contribution in [0.2, 0.25) is 0 Å². The van der Waals surface area contributed by atoms with Gasteiger partial charge in [0.05, 0.1) is 5.69 Å². The first kappa shape index (κ1) is 18.6. The van der Waals surface area contributed by atoms with Crippen LogP contribution >= 0.6 is 0 Å². The maximum atomic E-state index is 5.92. The Labute approximate surface area is 177 Å². The van der Waals surface area contributed by atoms with Crippen LogP contribution in [-0.2, 0) is 13.6 Å². The van der Waals surface area contributed by atoms with Crippen molar-refractivity contribution in [2.24, 2.45) is 7.05 Å². The molecule has 0 spiro atoms. The molecule has 2 heterocycles. The molecule has 1 saturated heterocycles. The normalized spacial score (nSPS) is 16.2. The van der Waals surface area contributed by atoms with Gasteiger partial charge in [-0.15, -0.1) is 0 Å². The van der Waals surface area contributed by atoms with E-state index in [0.717, 1.165) is 35.8 Å². The lowest BCUT2D eigenvalue weighted by atomic mass is 9.94. The molecule has 1 fully saturated rings. The zero-order valence-electron chi connectivity index (χ0n) is 17.1. The number of hydrogen-bond acceptors (Lipinski definition) is 3. The number of benzene rings is 3. The summed E-state index contributed by atoms with van der Waals surface area (Å²) in [5.41, 5.74) is 4.82. The van der Waals surface area contributed by atoms with Gasteiger partial charge in [0.15, 0.2) is 0 Å². The third-order valence-electron chi connectivity index (χ3n) is 5.70. The lowest BCUT2D eigenvalue weighted by Gasteiger charge is -2.41. The molecule has 0 N–H and O–H groups in total. The SMILES string of the molecule is Cn1cc(CN2CC[C@@H]2c2ccccc2)c(-c2ccc(Oc3ccccc3)cc2)n1. The molecular formula is C26H25N3O. The maximum absolute atomic E-state index is 5.92. The highest BCUT2D eigenvalue weighted by Crippen LogP contribution is 2.36. The number of ether oxygens (including phenoxy) is 1. The Hall–Kier alpha value is -3.37. The highest BCUT2D eigenvalue weighted by atomic mass is 16.5. The number of aromatic nitrogens is 2. The van der Waals surface area contributed by atoms with Gasteiger partial charge in [-0.05, 0) is 48.4 Å². The molecule has 4 aromatic rings. The highest BCUT2D eigenvalue weighted by Gasteiger charge is 2.30. The molecule has 1 aliphatic rings. The molecule has 1 aromatic heterocycles. The van der Waals surface area contributed by atoms with Crippen LogP contribution in [0.4, 0.5) is 0 Å². The van der Waals surface area contributed by atoms with Crippen molar-refractivity contribution in [3.8, 4) is 22.8 Å². The third kappa shape index (κ3) is 3.87. The van der Waals surface area contributed by atoms with E-state index < -0.39 is 0 Å². The Morgan fingerprint density at radius 2 is 1.53 bits per heavy atom. The summed E-state index contributed by atoms with van der Waals surface area (Å²) in [5, 5.41) is 4.75. The van der Waals surface area contributed by atoms with Crippen molar-refractivity contribution in [2.75, 3.05) is 6.54 Å². The minimum Gasteiger partial charge on any atom is -0.457 e. The third-order valence-corrected chi connectivity index (χ3v) is 5.70. The van der Waals surface area contributed by atoms with Crippen molar-refractivity contribution < 1.29 is 4.74 Å². The van der Waals surface area contributed by atoms with Crippen LogP contribution in [0, 0.1) is 0 Å². The number of likely N-dealkylation sites (tertiary alicyclic amines) is 1. The first-order chi connectivity index (χ1) is 14.8. The van der Waals surface area contributed by atoms with E-state index in [1.807, 2.05) is 54.2 Å². The van der Waals surface area contributed by atoms with Gasteiger partial charge in [0.2, 0.25) is 0 Å². The van der Waals surface area contributed by atoms with Crippen LogP contribution in [0.25, 0.3) is 11.3 Å². The van der Waals surface area contributed by atoms with Gasteiger partial charge < -0.3 is 4.74 Å². The topological polar surface area (TPSA) is 30.3 Å². The summed E-state index contributed by atoms with van der Waals surface area (Å²) in [6, 6.07) is 29.3. The Bertz CT molecular complexity index is 1100. The first-order valence-electron chi connectivity index (χ1n) is 10.4. The van der Waals surface area contributed by atoms with Gasteiger partial charge in [0.1, 0.15) is 11.5 Å². The van der Waals surface area contributed by atoms with Gasteiger partial charge in [-0.1, -0.05) is 48.5 Å². The molecule has 0 unspecified atom stereocenters. The number of hydrogen-bond donors (Lipinski definition) is 0. The minimum atomic E-state index is 0.501. The first-order valence-corrected chi connectivity index (χ1v) is 10.4. The minimum absolute atomic E-state index is 0.501. The fraction of sp³-hybridized carbons (Fsp3) is 0.192. The molecule has 0 bridgehead atoms. The van der Waals surface area contributed by atoms with E-state index in [9.17, 15) is 0 Å². The number of nitrogens with zero attached hydrogens (tertiary/aromatic N) is 3. The standard InChI is InChI=1S/C26H25N3O/c1-28-18-22(19-29-17-16-25(29)20-8-4-2-5-9-20)26(27-28)21-12-14-24(15-13-21)30-23-10-6-3-7-11-23/h2-15,18,25H,16-17,19H2,1H3/t25-/m1/s1. The average molecular weight is 396 g/mol. The summed E-state index contributed by atoms with van der Waals surface area (Å²) >= 11 is 0. The maximum Gasteiger partial charge on any atom is 0.127 e. The van der Waals surface area contributed by atoms with E-state index in [0.29, 0.717) is 6.04 Å². The van der Waals surface area contributed by atoms with E-state index in [2.05, 4.69) is 53.6 Å². The molecular weight excluding hydrogens is 370 g/mol. The second-order valence-corrected chi connectivity index (χ2v) is 7.80. The molecule has 4 heteroatoms. The number of rotatable bonds is 6. The van der Waals surface area contributed by atoms with Gasteiger partial charge >= 0.3 is 0 Å². The molecule has 1 aliphatic heterocycles. The molecule has 4 nitrogen and oxygen atoms in total. The largest absolute Gasteiger partial charge is 0.457 e. The molecule has 0 radical (unpaired) electrons. The molecule has 5 rings (SSSR count). The lowest BCUT2D eigenvalue weighted by molar-refractivity contribution is 0.0821. The van der Waals surface area contributed by atoms with E-state index >= 15 is 0 Å². The summed E-state index contributed by atoms with van der Waals surface area (Å²) in [6.07, 6.45) is 3.36. The van der Waals surface area contributed by atoms with Crippen molar-refractivity contribution >= 4 is 0 Å². The van der Waals surface area contributed by atoms with Gasteiger partial charge in [0.25, 0.3) is 0 Å². The zero-order valence-corrected chi connectivity index (χ0v) is 17.1. The Morgan fingerprint density at radius 3 is 2.20 bits per heavy atom. The van der Waals surface area contributed by atoms with Crippen molar-refractivity contribution in [1.29, 1.82) is 0 Å². The van der Waals surface area contributed by atoms with Crippen molar-refractivity contribution in [2.45, 2.75) is 19.0 Å². The van der Waals surface area contributed by atoms with Gasteiger partial charge in [0, 0.05) is 43.5 Å². The Balaban J connectivity index is 1.33.